The van der Waals surface area contributed by atoms with E-state index in [9.17, 15) is 0 Å². The Kier molecular flexibility index (Phi) is 3.38. The summed E-state index contributed by atoms with van der Waals surface area (Å²) in [7, 11) is 2.04. The Morgan fingerprint density at radius 3 is 3.12 bits per heavy atom. The summed E-state index contributed by atoms with van der Waals surface area (Å²) < 4.78 is 5.06. The maximum Gasteiger partial charge on any atom is 0.0996 e. The number of H-pyrrole nitrogens is 1. The van der Waals surface area contributed by atoms with E-state index >= 15 is 0 Å². The van der Waals surface area contributed by atoms with E-state index in [-0.39, 0.29) is 0 Å². The molecule has 0 saturated carbocycles. The number of rotatable bonds is 5. The van der Waals surface area contributed by atoms with Crippen molar-refractivity contribution in [3.8, 4) is 11.3 Å². The summed E-state index contributed by atoms with van der Waals surface area (Å²) in [4.78, 5) is 2.16. The minimum atomic E-state index is 0.662. The first kappa shape index (κ1) is 10.9. The predicted molar refractivity (Wildman–Crippen MR) is 61.7 cm³/mol. The first-order valence-corrected chi connectivity index (χ1v) is 5.24. The zero-order valence-corrected chi connectivity index (χ0v) is 9.31. The molecule has 3 N–H and O–H groups in total. The van der Waals surface area contributed by atoms with Gasteiger partial charge in [0.15, 0.2) is 0 Å². The fourth-order valence-electron chi connectivity index (χ4n) is 1.68. The summed E-state index contributed by atoms with van der Waals surface area (Å²) in [6.07, 6.45) is 5.21. The van der Waals surface area contributed by atoms with Gasteiger partial charge < -0.3 is 15.1 Å². The van der Waals surface area contributed by atoms with Gasteiger partial charge in [-0.05, 0) is 13.1 Å². The van der Waals surface area contributed by atoms with E-state index in [0.29, 0.717) is 6.54 Å². The first-order chi connectivity index (χ1) is 7.81. The van der Waals surface area contributed by atoms with Crippen LogP contribution in [0.25, 0.3) is 11.3 Å². The monoisotopic (exact) mass is 220 g/mol. The third-order valence-electron chi connectivity index (χ3n) is 2.48. The van der Waals surface area contributed by atoms with Crippen LogP contribution in [-0.2, 0) is 6.54 Å². The maximum atomic E-state index is 5.51. The van der Waals surface area contributed by atoms with Crippen LogP contribution in [0, 0.1) is 0 Å². The quantitative estimate of drug-likeness (QED) is 0.790. The molecule has 0 fully saturated rings. The molecule has 86 valence electrons. The molecule has 0 atom stereocenters. The van der Waals surface area contributed by atoms with Gasteiger partial charge in [-0.2, -0.15) is 5.10 Å². The summed E-state index contributed by atoms with van der Waals surface area (Å²) in [5.41, 5.74) is 8.69. The summed E-state index contributed by atoms with van der Waals surface area (Å²) in [6, 6.07) is 1.92. The minimum absolute atomic E-state index is 0.662. The highest BCUT2D eigenvalue weighted by atomic mass is 16.3. The number of hydrogen-bond acceptors (Lipinski definition) is 4. The van der Waals surface area contributed by atoms with Crippen LogP contribution in [-0.4, -0.2) is 35.2 Å². The van der Waals surface area contributed by atoms with Gasteiger partial charge in [0.05, 0.1) is 24.4 Å². The molecule has 0 saturated heterocycles. The molecule has 0 bridgehead atoms. The molecule has 0 unspecified atom stereocenters. The van der Waals surface area contributed by atoms with E-state index < -0.39 is 0 Å². The molecule has 0 aliphatic heterocycles. The molecule has 16 heavy (non-hydrogen) atoms. The Labute approximate surface area is 94.2 Å². The third kappa shape index (κ3) is 2.32. The second kappa shape index (κ2) is 4.96. The molecule has 5 nitrogen and oxygen atoms in total. The number of nitrogens with one attached hydrogen (secondary N) is 1. The van der Waals surface area contributed by atoms with E-state index in [4.69, 9.17) is 10.2 Å². The number of aromatic nitrogens is 2. The molecule has 5 heteroatoms. The van der Waals surface area contributed by atoms with E-state index in [1.54, 1.807) is 12.5 Å². The van der Waals surface area contributed by atoms with Crippen molar-refractivity contribution in [3.63, 3.8) is 0 Å². The smallest absolute Gasteiger partial charge is 0.0996 e. The average molecular weight is 220 g/mol. The highest BCUT2D eigenvalue weighted by Gasteiger charge is 2.10. The molecular weight excluding hydrogens is 204 g/mol. The molecule has 2 rings (SSSR count). The molecule has 0 aromatic carbocycles. The molecule has 2 aromatic heterocycles. The molecule has 0 spiro atoms. The molecule has 0 aliphatic carbocycles. The SMILES string of the molecule is CN(CCN)Cc1cn[nH]c1-c1ccoc1. The lowest BCUT2D eigenvalue weighted by Crippen LogP contribution is -2.25. The number of nitrogens with zero attached hydrogens (tertiary/aromatic N) is 2. The highest BCUT2D eigenvalue weighted by molar-refractivity contribution is 5.60. The van der Waals surface area contributed by atoms with Gasteiger partial charge in [0, 0.05) is 30.8 Å². The van der Waals surface area contributed by atoms with Crippen LogP contribution in [0.1, 0.15) is 5.56 Å². The normalized spacial score (nSPS) is 11.2. The standard InChI is InChI=1S/C11H16N4O/c1-15(4-3-12)7-10-6-13-14-11(10)9-2-5-16-8-9/h2,5-6,8H,3-4,7,12H2,1H3,(H,13,14). The Hall–Kier alpha value is -1.59. The number of nitrogens with two attached hydrogens (primary N) is 1. The number of likely N-dealkylation sites (N-methyl/N-ethyl adjacent to an activating group) is 1. The molecule has 2 heterocycles. The van der Waals surface area contributed by atoms with Gasteiger partial charge in [-0.1, -0.05) is 0 Å². The Morgan fingerprint density at radius 1 is 1.56 bits per heavy atom. The van der Waals surface area contributed by atoms with Crippen molar-refractivity contribution in [1.29, 1.82) is 0 Å². The Morgan fingerprint density at radius 2 is 2.44 bits per heavy atom. The lowest BCUT2D eigenvalue weighted by Gasteiger charge is -2.14. The van der Waals surface area contributed by atoms with E-state index in [1.807, 2.05) is 19.3 Å². The number of hydrogen-bond donors (Lipinski definition) is 2. The highest BCUT2D eigenvalue weighted by Crippen LogP contribution is 2.22. The molecular formula is C11H16N4O. The fourth-order valence-corrected chi connectivity index (χ4v) is 1.68. The van der Waals surface area contributed by atoms with Crippen LogP contribution in [0.3, 0.4) is 0 Å². The summed E-state index contributed by atoms with van der Waals surface area (Å²) in [5.74, 6) is 0. The second-order valence-corrected chi connectivity index (χ2v) is 3.81. The molecule has 0 aliphatic rings. The van der Waals surface area contributed by atoms with E-state index in [2.05, 4.69) is 15.1 Å². The van der Waals surface area contributed by atoms with Crippen LogP contribution < -0.4 is 5.73 Å². The lowest BCUT2D eigenvalue weighted by molar-refractivity contribution is 0.337. The van der Waals surface area contributed by atoms with Crippen LogP contribution in [0.2, 0.25) is 0 Å². The number of furan rings is 1. The van der Waals surface area contributed by atoms with Crippen LogP contribution in [0.4, 0.5) is 0 Å². The van der Waals surface area contributed by atoms with Crippen LogP contribution in [0.5, 0.6) is 0 Å². The Bertz CT molecular complexity index is 421. The van der Waals surface area contributed by atoms with Gasteiger partial charge in [-0.3, -0.25) is 5.10 Å². The van der Waals surface area contributed by atoms with Crippen molar-refractivity contribution in [1.82, 2.24) is 15.1 Å². The molecule has 2 aromatic rings. The zero-order chi connectivity index (χ0) is 11.4. The maximum absolute atomic E-state index is 5.51. The summed E-state index contributed by atoms with van der Waals surface area (Å²) >= 11 is 0. The van der Waals surface area contributed by atoms with Crippen molar-refractivity contribution in [2.45, 2.75) is 6.54 Å². The van der Waals surface area contributed by atoms with Gasteiger partial charge >= 0.3 is 0 Å². The van der Waals surface area contributed by atoms with E-state index in [1.165, 1.54) is 0 Å². The Balaban J connectivity index is 2.14. The molecule has 0 radical (unpaired) electrons. The van der Waals surface area contributed by atoms with Crippen molar-refractivity contribution in [2.75, 3.05) is 20.1 Å². The third-order valence-corrected chi connectivity index (χ3v) is 2.48. The summed E-state index contributed by atoms with van der Waals surface area (Å²) in [6.45, 7) is 2.36. The van der Waals surface area contributed by atoms with Gasteiger partial charge in [0.1, 0.15) is 0 Å². The average Bonchev–Trinajstić information content (AvgIpc) is 2.86. The first-order valence-electron chi connectivity index (χ1n) is 5.24. The minimum Gasteiger partial charge on any atom is -0.472 e. The molecule has 0 amide bonds. The van der Waals surface area contributed by atoms with Crippen LogP contribution in [0.15, 0.2) is 29.2 Å². The summed E-state index contributed by atoms with van der Waals surface area (Å²) in [5, 5.41) is 7.05. The van der Waals surface area contributed by atoms with Crippen molar-refractivity contribution in [2.24, 2.45) is 5.73 Å². The van der Waals surface area contributed by atoms with Crippen LogP contribution >= 0.6 is 0 Å². The van der Waals surface area contributed by atoms with E-state index in [0.717, 1.165) is 29.9 Å². The van der Waals surface area contributed by atoms with Gasteiger partial charge in [-0.15, -0.1) is 0 Å². The lowest BCUT2D eigenvalue weighted by atomic mass is 10.1. The zero-order valence-electron chi connectivity index (χ0n) is 9.31. The van der Waals surface area contributed by atoms with Crippen molar-refractivity contribution < 1.29 is 4.42 Å². The van der Waals surface area contributed by atoms with Crippen molar-refractivity contribution >= 4 is 0 Å². The van der Waals surface area contributed by atoms with Gasteiger partial charge in [0.2, 0.25) is 0 Å². The largest absolute Gasteiger partial charge is 0.472 e. The predicted octanol–water partition coefficient (Wildman–Crippen LogP) is 1.06. The number of aromatic amines is 1. The van der Waals surface area contributed by atoms with Gasteiger partial charge in [-0.25, -0.2) is 0 Å². The fraction of sp³-hybridized carbons (Fsp3) is 0.364. The van der Waals surface area contributed by atoms with Gasteiger partial charge in [0.25, 0.3) is 0 Å². The topological polar surface area (TPSA) is 71.1 Å². The van der Waals surface area contributed by atoms with Crippen molar-refractivity contribution in [3.05, 3.63) is 30.4 Å². The second-order valence-electron chi connectivity index (χ2n) is 3.81.